The number of benzene rings is 3. The predicted molar refractivity (Wildman–Crippen MR) is 143 cm³/mol. The van der Waals surface area contributed by atoms with Crippen molar-refractivity contribution in [3.8, 4) is 11.1 Å². The van der Waals surface area contributed by atoms with Gasteiger partial charge in [0.05, 0.1) is 23.9 Å². The molecule has 0 saturated carbocycles. The molecule has 5 aromatic rings. The summed E-state index contributed by atoms with van der Waals surface area (Å²) in [4.78, 5) is 43.4. The van der Waals surface area contributed by atoms with Crippen LogP contribution in [0.25, 0.3) is 32.1 Å². The summed E-state index contributed by atoms with van der Waals surface area (Å²) in [6, 6.07) is 19.8. The maximum Gasteiger partial charge on any atom is 0.338 e. The number of nitrogens with zero attached hydrogens (tertiary/aromatic N) is 2. The summed E-state index contributed by atoms with van der Waals surface area (Å²) in [6.45, 7) is 3.68. The third kappa shape index (κ3) is 4.38. The van der Waals surface area contributed by atoms with Gasteiger partial charge in [-0.2, -0.15) is 0 Å². The Morgan fingerprint density at radius 2 is 1.81 bits per heavy atom. The number of carbonyl (C=O) groups excluding carboxylic acids is 2. The number of rotatable bonds is 6. The van der Waals surface area contributed by atoms with Crippen molar-refractivity contribution >= 4 is 49.9 Å². The van der Waals surface area contributed by atoms with E-state index >= 15 is 0 Å². The van der Waals surface area contributed by atoms with Crippen LogP contribution in [0.3, 0.4) is 0 Å². The fourth-order valence-electron chi connectivity index (χ4n) is 4.07. The van der Waals surface area contributed by atoms with E-state index in [0.717, 1.165) is 21.9 Å². The molecule has 180 valence electrons. The van der Waals surface area contributed by atoms with Crippen molar-refractivity contribution in [2.75, 3.05) is 11.9 Å². The lowest BCUT2D eigenvalue weighted by atomic mass is 10.0. The molecule has 7 nitrogen and oxygen atoms in total. The summed E-state index contributed by atoms with van der Waals surface area (Å²) in [6.07, 6.45) is 1.42. The van der Waals surface area contributed by atoms with E-state index in [0.29, 0.717) is 21.5 Å². The van der Waals surface area contributed by atoms with Gasteiger partial charge in [-0.15, -0.1) is 11.3 Å². The number of aromatic nitrogens is 2. The SMILES string of the molecule is CCOC(=O)c1ccc(NC(=O)C(C)n2cnc3scc(-c4ccc5ccccc5c4)c3c2=O)cc1. The van der Waals surface area contributed by atoms with Crippen LogP contribution >= 0.6 is 11.3 Å². The van der Waals surface area contributed by atoms with Gasteiger partial charge in [0, 0.05) is 16.6 Å². The van der Waals surface area contributed by atoms with Gasteiger partial charge in [0.25, 0.3) is 5.56 Å². The molecule has 0 radical (unpaired) electrons. The van der Waals surface area contributed by atoms with E-state index in [2.05, 4.69) is 16.4 Å². The van der Waals surface area contributed by atoms with E-state index < -0.39 is 12.0 Å². The van der Waals surface area contributed by atoms with Crippen molar-refractivity contribution in [1.29, 1.82) is 0 Å². The van der Waals surface area contributed by atoms with Gasteiger partial charge in [-0.1, -0.05) is 36.4 Å². The van der Waals surface area contributed by atoms with E-state index in [1.54, 1.807) is 38.1 Å². The van der Waals surface area contributed by atoms with Crippen molar-refractivity contribution in [2.45, 2.75) is 19.9 Å². The van der Waals surface area contributed by atoms with E-state index in [-0.39, 0.29) is 18.1 Å². The molecule has 2 heterocycles. The lowest BCUT2D eigenvalue weighted by Gasteiger charge is -2.15. The lowest BCUT2D eigenvalue weighted by molar-refractivity contribution is -0.118. The van der Waals surface area contributed by atoms with E-state index in [9.17, 15) is 14.4 Å². The van der Waals surface area contributed by atoms with Crippen molar-refractivity contribution in [3.63, 3.8) is 0 Å². The predicted octanol–water partition coefficient (Wildman–Crippen LogP) is 5.65. The molecule has 1 atom stereocenters. The van der Waals surface area contributed by atoms with Gasteiger partial charge in [0.2, 0.25) is 5.91 Å². The Hall–Kier alpha value is -4.30. The molecule has 0 fully saturated rings. The number of thiophene rings is 1. The normalized spacial score (nSPS) is 11.9. The number of esters is 1. The molecule has 5 rings (SSSR count). The third-order valence-electron chi connectivity index (χ3n) is 6.04. The smallest absolute Gasteiger partial charge is 0.338 e. The van der Waals surface area contributed by atoms with Crippen molar-refractivity contribution in [2.24, 2.45) is 0 Å². The highest BCUT2D eigenvalue weighted by Gasteiger charge is 2.21. The van der Waals surface area contributed by atoms with Crippen LogP contribution in [0.5, 0.6) is 0 Å². The molecule has 2 aromatic heterocycles. The molecule has 1 N–H and O–H groups in total. The molecular formula is C28H23N3O4S. The maximum atomic E-state index is 13.5. The molecule has 0 saturated heterocycles. The summed E-state index contributed by atoms with van der Waals surface area (Å²) < 4.78 is 6.33. The Morgan fingerprint density at radius 3 is 2.56 bits per heavy atom. The van der Waals surface area contributed by atoms with E-state index in [1.807, 2.05) is 41.8 Å². The van der Waals surface area contributed by atoms with Crippen LogP contribution in [0, 0.1) is 0 Å². The molecule has 0 aliphatic heterocycles. The number of fused-ring (bicyclic) bond motifs is 2. The monoisotopic (exact) mass is 497 g/mol. The largest absolute Gasteiger partial charge is 0.462 e. The van der Waals surface area contributed by atoms with Crippen LogP contribution in [0.4, 0.5) is 5.69 Å². The average molecular weight is 498 g/mol. The number of anilines is 1. The quantitative estimate of drug-likeness (QED) is 0.306. The molecule has 0 spiro atoms. The Labute approximate surface area is 211 Å². The van der Waals surface area contributed by atoms with Crippen LogP contribution in [0.15, 0.2) is 83.2 Å². The summed E-state index contributed by atoms with van der Waals surface area (Å²) >= 11 is 1.40. The molecule has 8 heteroatoms. The minimum absolute atomic E-state index is 0.273. The summed E-state index contributed by atoms with van der Waals surface area (Å²) in [5, 5.41) is 7.43. The Morgan fingerprint density at radius 1 is 1.06 bits per heavy atom. The Balaban J connectivity index is 1.43. The lowest BCUT2D eigenvalue weighted by Crippen LogP contribution is -2.31. The second-order valence-corrected chi connectivity index (χ2v) is 9.17. The second-order valence-electron chi connectivity index (χ2n) is 8.31. The highest BCUT2D eigenvalue weighted by molar-refractivity contribution is 7.17. The number of nitrogens with one attached hydrogen (secondary N) is 1. The fourth-order valence-corrected chi connectivity index (χ4v) is 4.97. The fraction of sp³-hybridized carbons (Fsp3) is 0.143. The van der Waals surface area contributed by atoms with Gasteiger partial charge in [-0.25, -0.2) is 9.78 Å². The zero-order valence-electron chi connectivity index (χ0n) is 19.7. The van der Waals surface area contributed by atoms with Crippen LogP contribution < -0.4 is 10.9 Å². The first-order valence-corrected chi connectivity index (χ1v) is 12.4. The number of ether oxygens (including phenoxy) is 1. The van der Waals surface area contributed by atoms with Crippen LogP contribution in [0.2, 0.25) is 0 Å². The summed E-state index contributed by atoms with van der Waals surface area (Å²) in [5.41, 5.74) is 2.36. The van der Waals surface area contributed by atoms with Gasteiger partial charge >= 0.3 is 5.97 Å². The number of hydrogen-bond acceptors (Lipinski definition) is 6. The zero-order valence-corrected chi connectivity index (χ0v) is 20.5. The van der Waals surface area contributed by atoms with Gasteiger partial charge < -0.3 is 10.1 Å². The highest BCUT2D eigenvalue weighted by Crippen LogP contribution is 2.32. The molecule has 1 unspecified atom stereocenters. The minimum atomic E-state index is -0.802. The minimum Gasteiger partial charge on any atom is -0.462 e. The number of amides is 1. The third-order valence-corrected chi connectivity index (χ3v) is 6.93. The van der Waals surface area contributed by atoms with Gasteiger partial charge in [-0.05, 0) is 60.5 Å². The Bertz CT molecular complexity index is 1650. The van der Waals surface area contributed by atoms with Crippen LogP contribution in [-0.2, 0) is 9.53 Å². The topological polar surface area (TPSA) is 90.3 Å². The zero-order chi connectivity index (χ0) is 25.2. The van der Waals surface area contributed by atoms with Crippen molar-refractivity contribution in [1.82, 2.24) is 9.55 Å². The average Bonchev–Trinajstić information content (AvgIpc) is 3.34. The van der Waals surface area contributed by atoms with Crippen LogP contribution in [0.1, 0.15) is 30.2 Å². The molecule has 0 aliphatic rings. The standard InChI is InChI=1S/C28H23N3O4S/c1-3-35-28(34)19-10-12-22(13-11-19)30-25(32)17(2)31-16-29-26-24(27(31)33)23(15-36-26)21-9-8-18-6-4-5-7-20(18)14-21/h4-17H,3H2,1-2H3,(H,30,32). The molecule has 0 aliphatic carbocycles. The van der Waals surface area contributed by atoms with Gasteiger partial charge in [0.15, 0.2) is 0 Å². The van der Waals surface area contributed by atoms with Crippen molar-refractivity contribution < 1.29 is 14.3 Å². The highest BCUT2D eigenvalue weighted by atomic mass is 32.1. The first-order chi connectivity index (χ1) is 17.5. The number of carbonyl (C=O) groups is 2. The van der Waals surface area contributed by atoms with Gasteiger partial charge in [-0.3, -0.25) is 14.2 Å². The number of hydrogen-bond donors (Lipinski definition) is 1. The van der Waals surface area contributed by atoms with Crippen LogP contribution in [-0.4, -0.2) is 28.0 Å². The molecule has 1 amide bonds. The molecular weight excluding hydrogens is 474 g/mol. The molecule has 3 aromatic carbocycles. The molecule has 0 bridgehead atoms. The van der Waals surface area contributed by atoms with Crippen molar-refractivity contribution in [3.05, 3.63) is 94.4 Å². The summed E-state index contributed by atoms with van der Waals surface area (Å²) in [7, 11) is 0. The molecule has 36 heavy (non-hydrogen) atoms. The summed E-state index contributed by atoms with van der Waals surface area (Å²) in [5.74, 6) is -0.794. The first kappa shape index (κ1) is 23.4. The maximum absolute atomic E-state index is 13.5. The van der Waals surface area contributed by atoms with E-state index in [4.69, 9.17) is 4.74 Å². The Kier molecular flexibility index (Phi) is 6.35. The van der Waals surface area contributed by atoms with Gasteiger partial charge in [0.1, 0.15) is 10.9 Å². The second kappa shape index (κ2) is 9.75. The van der Waals surface area contributed by atoms with E-state index in [1.165, 1.54) is 22.2 Å². The first-order valence-electron chi connectivity index (χ1n) is 11.5.